The number of carbonyl (C=O) groups excluding carboxylic acids is 1. The van der Waals surface area contributed by atoms with Crippen LogP contribution in [0.15, 0.2) is 48.8 Å². The van der Waals surface area contributed by atoms with E-state index in [-0.39, 0.29) is 12.0 Å². The third kappa shape index (κ3) is 2.13. The molecular weight excluding hydrogens is 306 g/mol. The van der Waals surface area contributed by atoms with Crippen molar-refractivity contribution in [3.8, 4) is 5.75 Å². The van der Waals surface area contributed by atoms with Gasteiger partial charge < -0.3 is 19.8 Å². The quantitative estimate of drug-likeness (QED) is 0.743. The topological polar surface area (TPSA) is 95.9 Å². The van der Waals surface area contributed by atoms with E-state index < -0.39 is 0 Å². The van der Waals surface area contributed by atoms with Crippen molar-refractivity contribution >= 4 is 23.3 Å². The zero-order valence-corrected chi connectivity index (χ0v) is 13.0. The summed E-state index contributed by atoms with van der Waals surface area (Å²) in [7, 11) is 0. The molecule has 0 spiro atoms. The van der Waals surface area contributed by atoms with Crippen LogP contribution >= 0.6 is 0 Å². The lowest BCUT2D eigenvalue weighted by Crippen LogP contribution is -2.18. The van der Waals surface area contributed by atoms with Crippen LogP contribution in [0.4, 0.5) is 5.82 Å². The number of nitrogens with two attached hydrogens (primary N) is 1. The van der Waals surface area contributed by atoms with Gasteiger partial charge in [0.15, 0.2) is 11.5 Å². The lowest BCUT2D eigenvalue weighted by Gasteiger charge is -2.26. The maximum atomic E-state index is 11.5. The van der Waals surface area contributed by atoms with Crippen molar-refractivity contribution in [1.82, 2.24) is 19.5 Å². The number of carbonyl (C=O) groups is 1. The lowest BCUT2D eigenvalue weighted by atomic mass is 9.95. The summed E-state index contributed by atoms with van der Waals surface area (Å²) in [6.07, 6.45) is 5.81. The minimum Gasteiger partial charge on any atom is -0.460 e. The largest absolute Gasteiger partial charge is 0.460 e. The molecule has 1 aliphatic heterocycles. The zero-order chi connectivity index (χ0) is 16.7. The smallest absolute Gasteiger partial charge is 0.166 e. The van der Waals surface area contributed by atoms with Crippen molar-refractivity contribution in [3.05, 3.63) is 54.3 Å². The summed E-state index contributed by atoms with van der Waals surface area (Å²) >= 11 is 0. The molecule has 0 fully saturated rings. The molecule has 0 aliphatic carbocycles. The van der Waals surface area contributed by atoms with Gasteiger partial charge in [-0.1, -0.05) is 18.2 Å². The van der Waals surface area contributed by atoms with E-state index in [9.17, 15) is 4.79 Å². The second-order valence-corrected chi connectivity index (χ2v) is 5.63. The number of fused-ring (bicyclic) bond motifs is 2. The summed E-state index contributed by atoms with van der Waals surface area (Å²) in [5.74, 6) is 1.36. The Morgan fingerprint density at radius 3 is 2.96 bits per heavy atom. The molecule has 7 nitrogen and oxygen atoms in total. The van der Waals surface area contributed by atoms with E-state index in [0.717, 1.165) is 11.8 Å². The molecule has 120 valence electrons. The Bertz CT molecular complexity index is 963. The average Bonchev–Trinajstić information content (AvgIpc) is 3.05. The van der Waals surface area contributed by atoms with Crippen LogP contribution in [0.3, 0.4) is 0 Å². The molecule has 3 heterocycles. The number of hydrogen-bond acceptors (Lipinski definition) is 6. The predicted octanol–water partition coefficient (Wildman–Crippen LogP) is 2.23. The van der Waals surface area contributed by atoms with E-state index in [4.69, 9.17) is 10.5 Å². The van der Waals surface area contributed by atoms with Crippen LogP contribution < -0.4 is 10.5 Å². The van der Waals surface area contributed by atoms with Crippen molar-refractivity contribution in [3.63, 3.8) is 0 Å². The summed E-state index contributed by atoms with van der Waals surface area (Å²) in [4.78, 5) is 24.0. The van der Waals surface area contributed by atoms with Crippen LogP contribution in [0.1, 0.15) is 24.4 Å². The zero-order valence-electron chi connectivity index (χ0n) is 13.0. The van der Waals surface area contributed by atoms with E-state index in [2.05, 4.69) is 15.0 Å². The van der Waals surface area contributed by atoms with E-state index in [1.165, 1.54) is 6.33 Å². The molecule has 7 heteroatoms. The van der Waals surface area contributed by atoms with Crippen LogP contribution in [0.2, 0.25) is 0 Å². The van der Waals surface area contributed by atoms with Crippen LogP contribution in [0.5, 0.6) is 5.75 Å². The number of aldehydes is 1. The van der Waals surface area contributed by atoms with Crippen LogP contribution in [-0.2, 0) is 4.79 Å². The Kier molecular flexibility index (Phi) is 3.26. The van der Waals surface area contributed by atoms with Gasteiger partial charge >= 0.3 is 0 Å². The Labute approximate surface area is 137 Å². The number of aromatic nitrogens is 4. The fraction of sp³-hybridized carbons (Fsp3) is 0.176. The van der Waals surface area contributed by atoms with Crippen molar-refractivity contribution < 1.29 is 9.53 Å². The average molecular weight is 321 g/mol. The second kappa shape index (κ2) is 5.45. The number of allylic oxidation sites excluding steroid dienone is 2. The van der Waals surface area contributed by atoms with Gasteiger partial charge in [0.25, 0.3) is 0 Å². The summed E-state index contributed by atoms with van der Waals surface area (Å²) in [6, 6.07) is 7.34. The Balaban J connectivity index is 1.77. The summed E-state index contributed by atoms with van der Waals surface area (Å²) in [5, 5.41) is 0. The fourth-order valence-corrected chi connectivity index (χ4v) is 2.90. The third-order valence-corrected chi connectivity index (χ3v) is 4.21. The summed E-state index contributed by atoms with van der Waals surface area (Å²) in [6.45, 7) is 1.96. The van der Waals surface area contributed by atoms with E-state index >= 15 is 0 Å². The first-order valence-corrected chi connectivity index (χ1v) is 7.56. The molecule has 2 atom stereocenters. The van der Waals surface area contributed by atoms with Crippen molar-refractivity contribution in [1.29, 1.82) is 0 Å². The number of nitrogen functional groups attached to an aromatic ring is 1. The first-order valence-electron chi connectivity index (χ1n) is 7.56. The third-order valence-electron chi connectivity index (χ3n) is 4.21. The highest BCUT2D eigenvalue weighted by atomic mass is 16.5. The molecule has 4 rings (SSSR count). The van der Waals surface area contributed by atoms with Gasteiger partial charge in [-0.2, -0.15) is 0 Å². The minimum atomic E-state index is -0.332. The SMILES string of the molecule is CC(C1=CC(C=O)c2ccccc2O1)n1cnc2c(N)ncnc21. The van der Waals surface area contributed by atoms with E-state index in [1.54, 1.807) is 6.33 Å². The van der Waals surface area contributed by atoms with Crippen LogP contribution in [0, 0.1) is 0 Å². The molecule has 2 N–H and O–H groups in total. The minimum absolute atomic E-state index is 0.194. The van der Waals surface area contributed by atoms with Gasteiger partial charge in [0.05, 0.1) is 18.3 Å². The molecular formula is C17H15N5O2. The highest BCUT2D eigenvalue weighted by Crippen LogP contribution is 2.37. The number of para-hydroxylation sites is 1. The molecule has 0 saturated carbocycles. The summed E-state index contributed by atoms with van der Waals surface area (Å²) in [5.41, 5.74) is 7.88. The van der Waals surface area contributed by atoms with Gasteiger partial charge in [-0.3, -0.25) is 0 Å². The Hall–Kier alpha value is -3.22. The molecule has 24 heavy (non-hydrogen) atoms. The van der Waals surface area contributed by atoms with Crippen molar-refractivity contribution in [2.75, 3.05) is 5.73 Å². The number of rotatable bonds is 3. The van der Waals surface area contributed by atoms with Gasteiger partial charge in [0.2, 0.25) is 0 Å². The van der Waals surface area contributed by atoms with Crippen molar-refractivity contribution in [2.24, 2.45) is 0 Å². The molecule has 1 aliphatic rings. The van der Waals surface area contributed by atoms with E-state index in [0.29, 0.717) is 28.5 Å². The van der Waals surface area contributed by atoms with Gasteiger partial charge in [-0.15, -0.1) is 0 Å². The van der Waals surface area contributed by atoms with Gasteiger partial charge in [0.1, 0.15) is 29.6 Å². The Morgan fingerprint density at radius 2 is 2.12 bits per heavy atom. The molecule has 3 aromatic rings. The normalized spacial score (nSPS) is 17.7. The van der Waals surface area contributed by atoms with E-state index in [1.807, 2.05) is 41.8 Å². The molecule has 2 unspecified atom stereocenters. The maximum Gasteiger partial charge on any atom is 0.166 e. The molecule has 0 bridgehead atoms. The van der Waals surface area contributed by atoms with Crippen LogP contribution in [-0.4, -0.2) is 25.8 Å². The first-order chi connectivity index (χ1) is 11.7. The number of anilines is 1. The number of hydrogen-bond donors (Lipinski definition) is 1. The number of imidazole rings is 1. The molecule has 0 saturated heterocycles. The highest BCUT2D eigenvalue weighted by Gasteiger charge is 2.26. The number of nitrogens with zero attached hydrogens (tertiary/aromatic N) is 4. The maximum absolute atomic E-state index is 11.5. The standard InChI is InChI=1S/C17H15N5O2/c1-10(22-9-21-15-16(18)19-8-20-17(15)22)14-6-11(7-23)12-4-2-3-5-13(12)24-14/h2-11H,1H3,(H2,18,19,20). The van der Waals surface area contributed by atoms with Gasteiger partial charge in [0, 0.05) is 5.56 Å². The predicted molar refractivity (Wildman–Crippen MR) is 88.4 cm³/mol. The monoisotopic (exact) mass is 321 g/mol. The highest BCUT2D eigenvalue weighted by molar-refractivity contribution is 5.81. The second-order valence-electron chi connectivity index (χ2n) is 5.63. The molecule has 2 aromatic heterocycles. The molecule has 1 aromatic carbocycles. The molecule has 0 radical (unpaired) electrons. The number of ether oxygens (including phenoxy) is 1. The van der Waals surface area contributed by atoms with Gasteiger partial charge in [-0.25, -0.2) is 15.0 Å². The fourth-order valence-electron chi connectivity index (χ4n) is 2.90. The van der Waals surface area contributed by atoms with Crippen molar-refractivity contribution in [2.45, 2.75) is 18.9 Å². The first kappa shape index (κ1) is 14.4. The van der Waals surface area contributed by atoms with Gasteiger partial charge in [-0.05, 0) is 19.1 Å². The lowest BCUT2D eigenvalue weighted by molar-refractivity contribution is -0.108. The Morgan fingerprint density at radius 1 is 1.29 bits per heavy atom. The van der Waals surface area contributed by atoms with Crippen LogP contribution in [0.25, 0.3) is 11.2 Å². The summed E-state index contributed by atoms with van der Waals surface area (Å²) < 4.78 is 7.86. The molecule has 0 amide bonds. The number of benzene rings is 1.